The van der Waals surface area contributed by atoms with Crippen molar-refractivity contribution in [3.8, 4) is 0 Å². The molecule has 60 valence electrons. The van der Waals surface area contributed by atoms with E-state index in [0.717, 1.165) is 12.2 Å². The van der Waals surface area contributed by atoms with Gasteiger partial charge in [-0.3, -0.25) is 4.21 Å². The molecule has 1 nitrogen and oxygen atoms in total. The molecule has 1 saturated heterocycles. The molecule has 0 N–H and O–H groups in total. The summed E-state index contributed by atoms with van der Waals surface area (Å²) < 4.78 is 11.2. The molecule has 2 heteroatoms. The van der Waals surface area contributed by atoms with E-state index in [0.29, 0.717) is 11.2 Å². The Labute approximate surface area is 65.7 Å². The van der Waals surface area contributed by atoms with E-state index in [2.05, 4.69) is 13.8 Å². The second-order valence-electron chi connectivity index (χ2n) is 3.48. The van der Waals surface area contributed by atoms with Crippen LogP contribution in [0.5, 0.6) is 0 Å². The van der Waals surface area contributed by atoms with Gasteiger partial charge in [-0.2, -0.15) is 0 Å². The standard InChI is InChI=1S/C8H16OS/c1-7(2)6-8-4-3-5-10(8)9/h7-8H,3-6H2,1-2H3. The van der Waals surface area contributed by atoms with E-state index in [9.17, 15) is 4.21 Å². The summed E-state index contributed by atoms with van der Waals surface area (Å²) in [6.07, 6.45) is 3.54. The highest BCUT2D eigenvalue weighted by molar-refractivity contribution is 7.85. The molecule has 0 aliphatic carbocycles. The lowest BCUT2D eigenvalue weighted by atomic mass is 10.1. The van der Waals surface area contributed by atoms with Gasteiger partial charge in [0.05, 0.1) is 0 Å². The molecular weight excluding hydrogens is 144 g/mol. The van der Waals surface area contributed by atoms with Crippen LogP contribution < -0.4 is 0 Å². The zero-order valence-corrected chi connectivity index (χ0v) is 7.62. The molecule has 2 unspecified atom stereocenters. The van der Waals surface area contributed by atoms with Gasteiger partial charge in [0.25, 0.3) is 0 Å². The Kier molecular flexibility index (Phi) is 2.90. The first-order valence-corrected chi connectivity index (χ1v) is 5.45. The number of hydrogen-bond acceptors (Lipinski definition) is 1. The molecule has 10 heavy (non-hydrogen) atoms. The van der Waals surface area contributed by atoms with Gasteiger partial charge in [0, 0.05) is 21.8 Å². The minimum atomic E-state index is -0.481. The van der Waals surface area contributed by atoms with Crippen LogP contribution in [0.25, 0.3) is 0 Å². The highest BCUT2D eigenvalue weighted by Crippen LogP contribution is 2.22. The predicted molar refractivity (Wildman–Crippen MR) is 45.5 cm³/mol. The van der Waals surface area contributed by atoms with Gasteiger partial charge >= 0.3 is 0 Å². The largest absolute Gasteiger partial charge is 0.259 e. The van der Waals surface area contributed by atoms with Gasteiger partial charge in [-0.05, 0) is 25.2 Å². The topological polar surface area (TPSA) is 17.1 Å². The fourth-order valence-electron chi connectivity index (χ4n) is 1.50. The maximum Gasteiger partial charge on any atom is 0.0350 e. The summed E-state index contributed by atoms with van der Waals surface area (Å²) in [5.41, 5.74) is 0. The first-order chi connectivity index (χ1) is 4.70. The van der Waals surface area contributed by atoms with Gasteiger partial charge < -0.3 is 0 Å². The van der Waals surface area contributed by atoms with Crippen molar-refractivity contribution in [3.05, 3.63) is 0 Å². The summed E-state index contributed by atoms with van der Waals surface area (Å²) in [5, 5.41) is 0.528. The molecule has 0 aromatic heterocycles. The molecule has 0 radical (unpaired) electrons. The third kappa shape index (κ3) is 2.08. The number of hydrogen-bond donors (Lipinski definition) is 0. The highest BCUT2D eigenvalue weighted by atomic mass is 32.2. The minimum absolute atomic E-state index is 0.481. The molecule has 0 amide bonds. The van der Waals surface area contributed by atoms with Crippen LogP contribution in [0.2, 0.25) is 0 Å². The van der Waals surface area contributed by atoms with Crippen molar-refractivity contribution in [1.29, 1.82) is 0 Å². The Balaban J connectivity index is 2.33. The van der Waals surface area contributed by atoms with Gasteiger partial charge in [0.15, 0.2) is 0 Å². The molecule has 2 atom stereocenters. The van der Waals surface area contributed by atoms with Crippen LogP contribution in [0, 0.1) is 5.92 Å². The Morgan fingerprint density at radius 3 is 2.70 bits per heavy atom. The van der Waals surface area contributed by atoms with E-state index in [1.54, 1.807) is 0 Å². The third-order valence-electron chi connectivity index (χ3n) is 1.98. The SMILES string of the molecule is CC(C)CC1CCCS1=O. The quantitative estimate of drug-likeness (QED) is 0.603. The molecule has 1 heterocycles. The van der Waals surface area contributed by atoms with Crippen molar-refractivity contribution in [2.75, 3.05) is 5.75 Å². The molecule has 0 aromatic rings. The van der Waals surface area contributed by atoms with Gasteiger partial charge in [0.1, 0.15) is 0 Å². The average Bonchev–Trinajstić information content (AvgIpc) is 2.15. The Bertz CT molecular complexity index is 131. The average molecular weight is 160 g/mol. The molecular formula is C8H16OS. The molecule has 0 bridgehead atoms. The van der Waals surface area contributed by atoms with E-state index in [-0.39, 0.29) is 0 Å². The van der Waals surface area contributed by atoms with Crippen LogP contribution in [-0.4, -0.2) is 15.2 Å². The fourth-order valence-corrected chi connectivity index (χ4v) is 3.32. The van der Waals surface area contributed by atoms with Crippen molar-refractivity contribution in [1.82, 2.24) is 0 Å². The van der Waals surface area contributed by atoms with Crippen molar-refractivity contribution in [2.45, 2.75) is 38.4 Å². The maximum atomic E-state index is 11.2. The van der Waals surface area contributed by atoms with Crippen LogP contribution in [0.4, 0.5) is 0 Å². The van der Waals surface area contributed by atoms with E-state index in [1.165, 1.54) is 12.8 Å². The van der Waals surface area contributed by atoms with Gasteiger partial charge in [-0.25, -0.2) is 0 Å². The van der Waals surface area contributed by atoms with Crippen molar-refractivity contribution in [3.63, 3.8) is 0 Å². The van der Waals surface area contributed by atoms with Crippen molar-refractivity contribution in [2.24, 2.45) is 5.92 Å². The van der Waals surface area contributed by atoms with E-state index >= 15 is 0 Å². The van der Waals surface area contributed by atoms with Crippen LogP contribution >= 0.6 is 0 Å². The normalized spacial score (nSPS) is 33.5. The zero-order chi connectivity index (χ0) is 7.56. The predicted octanol–water partition coefficient (Wildman–Crippen LogP) is 1.94. The van der Waals surface area contributed by atoms with Gasteiger partial charge in [-0.15, -0.1) is 0 Å². The number of rotatable bonds is 2. The molecule has 0 saturated carbocycles. The van der Waals surface area contributed by atoms with E-state index < -0.39 is 10.8 Å². The lowest BCUT2D eigenvalue weighted by molar-refractivity contribution is 0.549. The molecule has 0 spiro atoms. The monoisotopic (exact) mass is 160 g/mol. The highest BCUT2D eigenvalue weighted by Gasteiger charge is 2.23. The summed E-state index contributed by atoms with van der Waals surface area (Å²) in [7, 11) is -0.481. The second-order valence-corrected chi connectivity index (χ2v) is 5.32. The summed E-state index contributed by atoms with van der Waals surface area (Å²) in [4.78, 5) is 0. The molecule has 1 aliphatic heterocycles. The minimum Gasteiger partial charge on any atom is -0.259 e. The fraction of sp³-hybridized carbons (Fsp3) is 1.00. The molecule has 0 aromatic carbocycles. The summed E-state index contributed by atoms with van der Waals surface area (Å²) >= 11 is 0. The Morgan fingerprint density at radius 1 is 1.60 bits per heavy atom. The zero-order valence-electron chi connectivity index (χ0n) is 6.80. The third-order valence-corrected chi connectivity index (χ3v) is 3.84. The molecule has 1 aliphatic rings. The van der Waals surface area contributed by atoms with Crippen LogP contribution in [0.1, 0.15) is 33.1 Å². The van der Waals surface area contributed by atoms with Gasteiger partial charge in [-0.1, -0.05) is 13.8 Å². The summed E-state index contributed by atoms with van der Waals surface area (Å²) in [6, 6.07) is 0. The van der Waals surface area contributed by atoms with E-state index in [1.807, 2.05) is 0 Å². The van der Waals surface area contributed by atoms with E-state index in [4.69, 9.17) is 0 Å². The van der Waals surface area contributed by atoms with Crippen molar-refractivity contribution >= 4 is 10.8 Å². The summed E-state index contributed by atoms with van der Waals surface area (Å²) in [5.74, 6) is 1.67. The molecule has 1 rings (SSSR count). The van der Waals surface area contributed by atoms with Crippen LogP contribution in [0.3, 0.4) is 0 Å². The first-order valence-electron chi connectivity index (χ1n) is 4.07. The first kappa shape index (κ1) is 8.25. The summed E-state index contributed by atoms with van der Waals surface area (Å²) in [6.45, 7) is 4.41. The lowest BCUT2D eigenvalue weighted by Crippen LogP contribution is -2.11. The Hall–Kier alpha value is 0.150. The lowest BCUT2D eigenvalue weighted by Gasteiger charge is -2.09. The maximum absolute atomic E-state index is 11.2. The smallest absolute Gasteiger partial charge is 0.0350 e. The van der Waals surface area contributed by atoms with Crippen molar-refractivity contribution < 1.29 is 4.21 Å². The Morgan fingerprint density at radius 2 is 2.30 bits per heavy atom. The molecule has 1 fully saturated rings. The van der Waals surface area contributed by atoms with Crippen LogP contribution in [0.15, 0.2) is 0 Å². The van der Waals surface area contributed by atoms with Crippen LogP contribution in [-0.2, 0) is 10.8 Å². The second kappa shape index (κ2) is 3.51. The van der Waals surface area contributed by atoms with Gasteiger partial charge in [0.2, 0.25) is 0 Å².